The van der Waals surface area contributed by atoms with Gasteiger partial charge < -0.3 is 0 Å². The van der Waals surface area contributed by atoms with Gasteiger partial charge in [0, 0.05) is 10.6 Å². The molecule has 3 heterocycles. The zero-order chi connectivity index (χ0) is 18.9. The summed E-state index contributed by atoms with van der Waals surface area (Å²) in [6.45, 7) is 0. The lowest BCUT2D eigenvalue weighted by Gasteiger charge is -1.93. The van der Waals surface area contributed by atoms with Crippen LogP contribution in [0.25, 0.3) is 39.9 Å². The molecule has 0 aliphatic rings. The number of fused-ring (bicyclic) bond motifs is 1. The number of hydrogen-bond donors (Lipinski definition) is 1. The highest BCUT2D eigenvalue weighted by Gasteiger charge is 2.15. The lowest BCUT2D eigenvalue weighted by molar-refractivity contribution is 0.945. The van der Waals surface area contributed by atoms with Crippen molar-refractivity contribution < 1.29 is 0 Å². The third-order valence-electron chi connectivity index (χ3n) is 4.18. The van der Waals surface area contributed by atoms with Crippen molar-refractivity contribution in [1.82, 2.24) is 30.0 Å². The van der Waals surface area contributed by atoms with Crippen molar-refractivity contribution in [3.8, 4) is 22.8 Å². The second-order valence-electron chi connectivity index (χ2n) is 6.08. The van der Waals surface area contributed by atoms with Crippen LogP contribution in [0.3, 0.4) is 0 Å². The molecule has 0 aliphatic carbocycles. The first-order valence-corrected chi connectivity index (χ1v) is 9.73. The summed E-state index contributed by atoms with van der Waals surface area (Å²) in [5.41, 5.74) is 3.71. The van der Waals surface area contributed by atoms with Gasteiger partial charge in [0.1, 0.15) is 10.7 Å². The second-order valence-corrected chi connectivity index (χ2v) is 7.50. The number of nitrogens with one attached hydrogen (secondary N) is 1. The lowest BCUT2D eigenvalue weighted by Crippen LogP contribution is -1.90. The number of rotatable bonds is 4. The van der Waals surface area contributed by atoms with Crippen molar-refractivity contribution in [2.75, 3.05) is 0 Å². The maximum atomic E-state index is 5.92. The van der Waals surface area contributed by atoms with E-state index in [9.17, 15) is 0 Å². The molecule has 0 fully saturated rings. The van der Waals surface area contributed by atoms with Crippen LogP contribution in [0.4, 0.5) is 0 Å². The van der Waals surface area contributed by atoms with Crippen LogP contribution in [0.5, 0.6) is 0 Å². The molecular formula is C20H13ClN6S. The van der Waals surface area contributed by atoms with E-state index in [0.29, 0.717) is 5.82 Å². The number of H-pyrrole nitrogens is 1. The Morgan fingerprint density at radius 1 is 0.964 bits per heavy atom. The monoisotopic (exact) mass is 404 g/mol. The van der Waals surface area contributed by atoms with Gasteiger partial charge in [0.2, 0.25) is 10.8 Å². The number of hydrogen-bond acceptors (Lipinski definition) is 5. The van der Waals surface area contributed by atoms with E-state index in [1.807, 2.05) is 72.8 Å². The smallest absolute Gasteiger partial charge is 0.235 e. The van der Waals surface area contributed by atoms with Crippen molar-refractivity contribution in [1.29, 1.82) is 0 Å². The van der Waals surface area contributed by atoms with Crippen LogP contribution in [0.15, 0.2) is 60.7 Å². The zero-order valence-electron chi connectivity index (χ0n) is 14.5. The van der Waals surface area contributed by atoms with E-state index in [1.165, 1.54) is 11.3 Å². The predicted molar refractivity (Wildman–Crippen MR) is 112 cm³/mol. The second kappa shape index (κ2) is 7.03. The predicted octanol–water partition coefficient (Wildman–Crippen LogP) is 5.07. The summed E-state index contributed by atoms with van der Waals surface area (Å²) in [5.74, 6) is 0.632. The maximum Gasteiger partial charge on any atom is 0.235 e. The SMILES string of the molecule is Clc1ccc(/C=C/c2nn3c(-c4cc(-c5ccccc5)n[nH]4)nnc3s2)cc1. The number of aromatic nitrogens is 6. The summed E-state index contributed by atoms with van der Waals surface area (Å²) in [4.78, 5) is 0.724. The number of benzene rings is 2. The van der Waals surface area contributed by atoms with Gasteiger partial charge in [0.05, 0.1) is 5.69 Å². The molecule has 0 bridgehead atoms. The quantitative estimate of drug-likeness (QED) is 0.454. The van der Waals surface area contributed by atoms with Crippen molar-refractivity contribution in [2.24, 2.45) is 0 Å². The Hall–Kier alpha value is -3.29. The normalized spacial score (nSPS) is 11.6. The minimum absolute atomic E-state index is 0.632. The molecule has 0 saturated carbocycles. The summed E-state index contributed by atoms with van der Waals surface area (Å²) in [7, 11) is 0. The third-order valence-corrected chi connectivity index (χ3v) is 5.30. The highest BCUT2D eigenvalue weighted by molar-refractivity contribution is 7.17. The van der Waals surface area contributed by atoms with Gasteiger partial charge in [-0.1, -0.05) is 71.5 Å². The molecule has 6 nitrogen and oxygen atoms in total. The number of halogens is 1. The van der Waals surface area contributed by atoms with Gasteiger partial charge in [-0.3, -0.25) is 5.10 Å². The highest BCUT2D eigenvalue weighted by Crippen LogP contribution is 2.25. The Morgan fingerprint density at radius 2 is 1.79 bits per heavy atom. The van der Waals surface area contributed by atoms with E-state index >= 15 is 0 Å². The van der Waals surface area contributed by atoms with Gasteiger partial charge >= 0.3 is 0 Å². The maximum absolute atomic E-state index is 5.92. The van der Waals surface area contributed by atoms with Crippen molar-refractivity contribution in [3.05, 3.63) is 76.3 Å². The zero-order valence-corrected chi connectivity index (χ0v) is 16.0. The van der Waals surface area contributed by atoms with Crippen LogP contribution in [-0.4, -0.2) is 30.0 Å². The summed E-state index contributed by atoms with van der Waals surface area (Å²) in [6.07, 6.45) is 3.94. The fourth-order valence-electron chi connectivity index (χ4n) is 2.80. The Balaban J connectivity index is 1.45. The van der Waals surface area contributed by atoms with Crippen LogP contribution in [0.2, 0.25) is 5.02 Å². The van der Waals surface area contributed by atoms with Crippen molar-refractivity contribution in [2.45, 2.75) is 0 Å². The van der Waals surface area contributed by atoms with Crippen LogP contribution < -0.4 is 0 Å². The largest absolute Gasteiger partial charge is 0.274 e. The van der Waals surface area contributed by atoms with Crippen LogP contribution >= 0.6 is 22.9 Å². The van der Waals surface area contributed by atoms with Gasteiger partial charge in [-0.15, -0.1) is 10.2 Å². The molecule has 28 heavy (non-hydrogen) atoms. The van der Waals surface area contributed by atoms with E-state index in [4.69, 9.17) is 11.6 Å². The number of aromatic amines is 1. The lowest BCUT2D eigenvalue weighted by atomic mass is 10.1. The topological polar surface area (TPSA) is 71.8 Å². The average molecular weight is 405 g/mol. The van der Waals surface area contributed by atoms with Gasteiger partial charge in [0.15, 0.2) is 0 Å². The molecule has 0 aliphatic heterocycles. The molecule has 0 unspecified atom stereocenters. The van der Waals surface area contributed by atoms with Crippen LogP contribution in [0.1, 0.15) is 10.6 Å². The Morgan fingerprint density at radius 3 is 2.61 bits per heavy atom. The van der Waals surface area contributed by atoms with Gasteiger partial charge in [-0.05, 0) is 29.8 Å². The molecule has 0 radical (unpaired) electrons. The first kappa shape index (κ1) is 16.9. The Kier molecular flexibility index (Phi) is 4.23. The molecule has 136 valence electrons. The van der Waals surface area contributed by atoms with Gasteiger partial charge in [0.25, 0.3) is 0 Å². The molecule has 8 heteroatoms. The first-order chi connectivity index (χ1) is 13.8. The van der Waals surface area contributed by atoms with Gasteiger partial charge in [-0.25, -0.2) is 0 Å². The minimum atomic E-state index is 0.632. The summed E-state index contributed by atoms with van der Waals surface area (Å²) in [5, 5.41) is 22.1. The molecule has 5 aromatic rings. The molecule has 0 amide bonds. The summed E-state index contributed by atoms with van der Waals surface area (Å²) >= 11 is 7.39. The standard InChI is InChI=1S/C20H13ClN6S/c21-15-9-6-13(7-10-15)8-11-18-26-27-19(24-25-20(27)28-18)17-12-16(22-23-17)14-4-2-1-3-5-14/h1-12H,(H,22,23)/b11-8+. The molecule has 2 aromatic carbocycles. The Labute approximate surface area is 169 Å². The van der Waals surface area contributed by atoms with E-state index in [-0.39, 0.29) is 0 Å². The summed E-state index contributed by atoms with van der Waals surface area (Å²) in [6, 6.07) is 19.6. The molecule has 3 aromatic heterocycles. The van der Waals surface area contributed by atoms with Gasteiger partial charge in [-0.2, -0.15) is 14.7 Å². The fourth-order valence-corrected chi connectivity index (χ4v) is 3.67. The van der Waals surface area contributed by atoms with Crippen molar-refractivity contribution in [3.63, 3.8) is 0 Å². The fraction of sp³-hybridized carbons (Fsp3) is 0. The Bertz CT molecular complexity index is 1270. The minimum Gasteiger partial charge on any atom is -0.274 e. The third kappa shape index (κ3) is 3.21. The molecule has 5 rings (SSSR count). The highest BCUT2D eigenvalue weighted by atomic mass is 35.5. The molecule has 1 N–H and O–H groups in total. The molecule has 0 spiro atoms. The van der Waals surface area contributed by atoms with E-state index in [1.54, 1.807) is 4.52 Å². The molecular weight excluding hydrogens is 392 g/mol. The first-order valence-electron chi connectivity index (χ1n) is 8.53. The molecule has 0 atom stereocenters. The average Bonchev–Trinajstić information content (AvgIpc) is 3.44. The van der Waals surface area contributed by atoms with E-state index < -0.39 is 0 Å². The summed E-state index contributed by atoms with van der Waals surface area (Å²) < 4.78 is 1.73. The van der Waals surface area contributed by atoms with E-state index in [2.05, 4.69) is 25.5 Å². The van der Waals surface area contributed by atoms with Crippen molar-refractivity contribution >= 4 is 40.1 Å². The van der Waals surface area contributed by atoms with Crippen LogP contribution in [-0.2, 0) is 0 Å². The molecule has 0 saturated heterocycles. The van der Waals surface area contributed by atoms with E-state index in [0.717, 1.165) is 37.5 Å². The van der Waals surface area contributed by atoms with Crippen LogP contribution in [0, 0.1) is 0 Å². The number of nitrogens with zero attached hydrogens (tertiary/aromatic N) is 5.